The first kappa shape index (κ1) is 21.2. The Bertz CT molecular complexity index is 1000. The first-order chi connectivity index (χ1) is 14.6. The summed E-state index contributed by atoms with van der Waals surface area (Å²) in [4.78, 5) is 25.2. The molecule has 1 amide bonds. The van der Waals surface area contributed by atoms with Crippen LogP contribution in [0.5, 0.6) is 0 Å². The average Bonchev–Trinajstić information content (AvgIpc) is 2.71. The lowest BCUT2D eigenvalue weighted by molar-refractivity contribution is -0.137. The van der Waals surface area contributed by atoms with Crippen LogP contribution in [0.15, 0.2) is 18.5 Å². The van der Waals surface area contributed by atoms with Gasteiger partial charge in [-0.1, -0.05) is 0 Å². The highest BCUT2D eigenvalue weighted by Crippen LogP contribution is 2.41. The minimum Gasteiger partial charge on any atom is -0.435 e. The predicted molar refractivity (Wildman–Crippen MR) is 98.8 cm³/mol. The number of hydrogen-bond acceptors (Lipinski definition) is 7. The molecule has 0 aliphatic carbocycles. The van der Waals surface area contributed by atoms with Gasteiger partial charge in [0.1, 0.15) is 23.7 Å². The van der Waals surface area contributed by atoms with Crippen LogP contribution in [0, 0.1) is 0 Å². The molecule has 0 bridgehead atoms. The minimum absolute atomic E-state index is 0.0205. The number of carbonyl (C=O) groups excluding carboxylic acids is 1. The number of nitrogens with zero attached hydrogens (tertiary/aromatic N) is 4. The molecule has 1 saturated heterocycles. The molecule has 2 atom stereocenters. The lowest BCUT2D eigenvalue weighted by atomic mass is 10.0. The zero-order valence-corrected chi connectivity index (χ0v) is 16.1. The Morgan fingerprint density at radius 2 is 2.03 bits per heavy atom. The summed E-state index contributed by atoms with van der Waals surface area (Å²) in [7, 11) is 0. The highest BCUT2D eigenvalue weighted by atomic mass is 19.4. The summed E-state index contributed by atoms with van der Waals surface area (Å²) in [6, 6.07) is 1.67. The molecule has 1 unspecified atom stereocenters. The molecule has 2 N–H and O–H groups in total. The van der Waals surface area contributed by atoms with Crippen molar-refractivity contribution in [3.05, 3.63) is 29.6 Å². The molecule has 0 spiro atoms. The molecule has 4 rings (SSSR count). The van der Waals surface area contributed by atoms with Crippen molar-refractivity contribution in [2.75, 3.05) is 29.9 Å². The van der Waals surface area contributed by atoms with Crippen molar-refractivity contribution in [2.45, 2.75) is 31.7 Å². The maximum atomic E-state index is 13.6. The molecule has 0 saturated carbocycles. The van der Waals surface area contributed by atoms with Crippen LogP contribution in [-0.2, 0) is 10.9 Å². The van der Waals surface area contributed by atoms with Crippen LogP contribution in [0.1, 0.15) is 24.2 Å². The molecule has 13 heteroatoms. The van der Waals surface area contributed by atoms with Gasteiger partial charge in [0.25, 0.3) is 6.43 Å². The fourth-order valence-corrected chi connectivity index (χ4v) is 3.55. The molecule has 2 aromatic rings. The maximum absolute atomic E-state index is 13.6. The average molecular weight is 444 g/mol. The Kier molecular flexibility index (Phi) is 5.37. The molecule has 2 aromatic heterocycles. The molecular weight excluding hydrogens is 427 g/mol. The summed E-state index contributed by atoms with van der Waals surface area (Å²) in [6.07, 6.45) is -10.1. The van der Waals surface area contributed by atoms with Gasteiger partial charge in [0.05, 0.1) is 16.8 Å². The summed E-state index contributed by atoms with van der Waals surface area (Å²) in [5, 5.41) is 5.35. The standard InChI is InChI=1S/C18H17F5N6O2/c1-8-6-29(3-2-24-8)11-5-9(18(21,22)23)4-10(27-11)13-12-14(15(19)20)31-17(30)28-16(12)26-7-25-13/h4-5,7-8,14-15,24H,2-3,6H2,1H3,(H,25,26,28,30)/t8-,14?/m0/s1. The van der Waals surface area contributed by atoms with Crippen LogP contribution in [0.2, 0.25) is 0 Å². The van der Waals surface area contributed by atoms with E-state index in [0.29, 0.717) is 19.6 Å². The van der Waals surface area contributed by atoms with Crippen LogP contribution in [0.3, 0.4) is 0 Å². The number of alkyl halides is 5. The van der Waals surface area contributed by atoms with Gasteiger partial charge in [0.15, 0.2) is 6.10 Å². The number of rotatable bonds is 3. The smallest absolute Gasteiger partial charge is 0.416 e. The van der Waals surface area contributed by atoms with Gasteiger partial charge in [0.2, 0.25) is 0 Å². The molecule has 4 heterocycles. The molecule has 2 aliphatic rings. The SMILES string of the molecule is C[C@H]1CN(c2cc(C(F)(F)F)cc(-c3ncnc4c3C(C(F)F)OC(=O)N4)n2)CCN1. The van der Waals surface area contributed by atoms with Crippen molar-refractivity contribution >= 4 is 17.7 Å². The third-order valence-electron chi connectivity index (χ3n) is 4.93. The number of ether oxygens (including phenoxy) is 1. The van der Waals surface area contributed by atoms with Gasteiger partial charge in [0, 0.05) is 25.7 Å². The lowest BCUT2D eigenvalue weighted by Gasteiger charge is -2.33. The van der Waals surface area contributed by atoms with Crippen LogP contribution in [-0.4, -0.2) is 53.1 Å². The zero-order valence-electron chi connectivity index (χ0n) is 16.1. The van der Waals surface area contributed by atoms with E-state index in [-0.39, 0.29) is 34.6 Å². The van der Waals surface area contributed by atoms with Gasteiger partial charge in [-0.25, -0.2) is 28.5 Å². The number of aromatic nitrogens is 3. The van der Waals surface area contributed by atoms with Gasteiger partial charge in [-0.3, -0.25) is 5.32 Å². The molecule has 0 aromatic carbocycles. The number of amides is 1. The number of carbonyl (C=O) groups is 1. The topological polar surface area (TPSA) is 92.3 Å². The monoisotopic (exact) mass is 444 g/mol. The first-order valence-electron chi connectivity index (χ1n) is 9.32. The van der Waals surface area contributed by atoms with Crippen LogP contribution in [0.25, 0.3) is 11.4 Å². The van der Waals surface area contributed by atoms with Gasteiger partial charge < -0.3 is 15.0 Å². The van der Waals surface area contributed by atoms with E-state index < -0.39 is 30.4 Å². The van der Waals surface area contributed by atoms with Gasteiger partial charge in [-0.05, 0) is 19.1 Å². The van der Waals surface area contributed by atoms with Crippen LogP contribution < -0.4 is 15.5 Å². The van der Waals surface area contributed by atoms with Gasteiger partial charge >= 0.3 is 12.3 Å². The lowest BCUT2D eigenvalue weighted by Crippen LogP contribution is -2.49. The van der Waals surface area contributed by atoms with Gasteiger partial charge in [-0.15, -0.1) is 0 Å². The molecule has 1 fully saturated rings. The number of fused-ring (bicyclic) bond motifs is 1. The van der Waals surface area contributed by atoms with E-state index in [1.165, 1.54) is 0 Å². The first-order valence-corrected chi connectivity index (χ1v) is 9.32. The van der Waals surface area contributed by atoms with E-state index in [0.717, 1.165) is 18.5 Å². The van der Waals surface area contributed by atoms with E-state index in [4.69, 9.17) is 0 Å². The molecule has 166 valence electrons. The largest absolute Gasteiger partial charge is 0.435 e. The molecule has 8 nitrogen and oxygen atoms in total. The second kappa shape index (κ2) is 7.87. The third-order valence-corrected chi connectivity index (χ3v) is 4.93. The van der Waals surface area contributed by atoms with E-state index in [1.807, 2.05) is 6.92 Å². The quantitative estimate of drug-likeness (QED) is 0.703. The predicted octanol–water partition coefficient (Wildman–Crippen LogP) is 3.22. The summed E-state index contributed by atoms with van der Waals surface area (Å²) in [5.74, 6) is -0.219. The van der Waals surface area contributed by atoms with E-state index in [1.54, 1.807) is 4.90 Å². The maximum Gasteiger partial charge on any atom is 0.416 e. The zero-order chi connectivity index (χ0) is 22.3. The minimum atomic E-state index is -4.70. The van der Waals surface area contributed by atoms with E-state index >= 15 is 0 Å². The van der Waals surface area contributed by atoms with Crippen molar-refractivity contribution in [1.82, 2.24) is 20.3 Å². The number of piperazine rings is 1. The van der Waals surface area contributed by atoms with Crippen molar-refractivity contribution in [3.8, 4) is 11.4 Å². The Balaban J connectivity index is 1.88. The summed E-state index contributed by atoms with van der Waals surface area (Å²) < 4.78 is 72.6. The fraction of sp³-hybridized carbons (Fsp3) is 0.444. The number of halogens is 5. The molecule has 31 heavy (non-hydrogen) atoms. The number of pyridine rings is 1. The van der Waals surface area contributed by atoms with Crippen molar-refractivity contribution < 1.29 is 31.5 Å². The number of cyclic esters (lactones) is 1. The van der Waals surface area contributed by atoms with Crippen LogP contribution in [0.4, 0.5) is 38.4 Å². The normalized spacial score (nSPS) is 21.5. The van der Waals surface area contributed by atoms with Crippen molar-refractivity contribution in [1.29, 1.82) is 0 Å². The second-order valence-electron chi connectivity index (χ2n) is 7.17. The van der Waals surface area contributed by atoms with Gasteiger partial charge in [-0.2, -0.15) is 13.2 Å². The van der Waals surface area contributed by atoms with E-state index in [2.05, 4.69) is 30.3 Å². The Hall–Kier alpha value is -3.09. The molecule has 2 aliphatic heterocycles. The Morgan fingerprint density at radius 1 is 1.26 bits per heavy atom. The summed E-state index contributed by atoms with van der Waals surface area (Å²) >= 11 is 0. The second-order valence-corrected chi connectivity index (χ2v) is 7.17. The highest BCUT2D eigenvalue weighted by molar-refractivity contribution is 5.88. The Morgan fingerprint density at radius 3 is 2.71 bits per heavy atom. The highest BCUT2D eigenvalue weighted by Gasteiger charge is 2.39. The number of nitrogens with one attached hydrogen (secondary N) is 2. The summed E-state index contributed by atoms with van der Waals surface area (Å²) in [6.45, 7) is 3.26. The molecular formula is C18H17F5N6O2. The third kappa shape index (κ3) is 4.22. The number of anilines is 2. The fourth-order valence-electron chi connectivity index (χ4n) is 3.55. The molecule has 0 radical (unpaired) electrons. The van der Waals surface area contributed by atoms with Crippen LogP contribution >= 0.6 is 0 Å². The van der Waals surface area contributed by atoms with Crippen molar-refractivity contribution in [2.24, 2.45) is 0 Å². The Labute approximate surface area is 172 Å². The summed E-state index contributed by atoms with van der Waals surface area (Å²) in [5.41, 5.74) is -1.88. The van der Waals surface area contributed by atoms with Crippen molar-refractivity contribution in [3.63, 3.8) is 0 Å². The van der Waals surface area contributed by atoms with E-state index in [9.17, 15) is 26.7 Å². The number of hydrogen-bond donors (Lipinski definition) is 2.